The highest BCUT2D eigenvalue weighted by Crippen LogP contribution is 2.18. The Bertz CT molecular complexity index is 342. The molecule has 0 spiro atoms. The average Bonchev–Trinajstić information content (AvgIpc) is 2.10. The first-order valence-electron chi connectivity index (χ1n) is 4.78. The fourth-order valence-corrected chi connectivity index (χ4v) is 1.66. The molecule has 1 rings (SSSR count). The van der Waals surface area contributed by atoms with Gasteiger partial charge >= 0.3 is 0 Å². The zero-order chi connectivity index (χ0) is 10.7. The molecule has 0 radical (unpaired) electrons. The Labute approximate surface area is 85.6 Å². The molecule has 1 aromatic rings. The monoisotopic (exact) mass is 190 g/mol. The van der Waals surface area contributed by atoms with E-state index in [2.05, 4.69) is 32.9 Å². The summed E-state index contributed by atoms with van der Waals surface area (Å²) >= 11 is 0. The quantitative estimate of drug-likeness (QED) is 0.748. The molecule has 0 saturated heterocycles. The van der Waals surface area contributed by atoms with Crippen molar-refractivity contribution in [2.24, 2.45) is 11.5 Å². The summed E-state index contributed by atoms with van der Waals surface area (Å²) in [5, 5.41) is 0. The molecule has 4 N–H and O–H groups in total. The molecule has 2 heteroatoms. The van der Waals surface area contributed by atoms with Crippen molar-refractivity contribution in [3.05, 3.63) is 40.1 Å². The Morgan fingerprint density at radius 2 is 1.71 bits per heavy atom. The standard InChI is InChI=1S/C12H18N2/c1-8-4-9(2)12(10(3)5-8)6-11(14)7-13/h4-6H,7,13-14H2,1-3H3. The van der Waals surface area contributed by atoms with E-state index in [4.69, 9.17) is 11.5 Å². The number of nitrogens with two attached hydrogens (primary N) is 2. The van der Waals surface area contributed by atoms with Gasteiger partial charge in [0, 0.05) is 12.2 Å². The van der Waals surface area contributed by atoms with Crippen molar-refractivity contribution in [1.29, 1.82) is 0 Å². The van der Waals surface area contributed by atoms with Crippen molar-refractivity contribution >= 4 is 6.08 Å². The molecule has 1 aromatic carbocycles. The van der Waals surface area contributed by atoms with Crippen LogP contribution in [-0.4, -0.2) is 6.54 Å². The molecule has 0 amide bonds. The summed E-state index contributed by atoms with van der Waals surface area (Å²) in [6, 6.07) is 4.31. The van der Waals surface area contributed by atoms with E-state index in [0.717, 1.165) is 5.70 Å². The maximum Gasteiger partial charge on any atom is 0.0327 e. The SMILES string of the molecule is Cc1cc(C)c(C=C(N)CN)c(C)c1. The van der Waals surface area contributed by atoms with E-state index in [-0.39, 0.29) is 0 Å². The van der Waals surface area contributed by atoms with E-state index in [1.54, 1.807) is 0 Å². The van der Waals surface area contributed by atoms with E-state index in [9.17, 15) is 0 Å². The molecule has 0 unspecified atom stereocenters. The summed E-state index contributed by atoms with van der Waals surface area (Å²) in [6.07, 6.45) is 1.96. The van der Waals surface area contributed by atoms with Gasteiger partial charge in [0.15, 0.2) is 0 Å². The number of rotatable bonds is 2. The number of hydrogen-bond acceptors (Lipinski definition) is 2. The van der Waals surface area contributed by atoms with Gasteiger partial charge in [-0.25, -0.2) is 0 Å². The van der Waals surface area contributed by atoms with Crippen LogP contribution < -0.4 is 11.5 Å². The molecule has 14 heavy (non-hydrogen) atoms. The Morgan fingerprint density at radius 3 is 2.14 bits per heavy atom. The molecule has 76 valence electrons. The van der Waals surface area contributed by atoms with Crippen LogP contribution in [0, 0.1) is 20.8 Å². The van der Waals surface area contributed by atoms with Gasteiger partial charge in [0.1, 0.15) is 0 Å². The molecule has 0 aliphatic heterocycles. The second-order valence-corrected chi connectivity index (χ2v) is 3.74. The van der Waals surface area contributed by atoms with Crippen LogP contribution in [0.5, 0.6) is 0 Å². The van der Waals surface area contributed by atoms with Crippen LogP contribution in [0.15, 0.2) is 17.8 Å². The molecule has 0 aromatic heterocycles. The predicted octanol–water partition coefficient (Wildman–Crippen LogP) is 1.87. The largest absolute Gasteiger partial charge is 0.401 e. The topological polar surface area (TPSA) is 52.0 Å². The van der Waals surface area contributed by atoms with Crippen LogP contribution in [0.1, 0.15) is 22.3 Å². The third-order valence-electron chi connectivity index (χ3n) is 2.30. The average molecular weight is 190 g/mol. The van der Waals surface area contributed by atoms with Gasteiger partial charge in [-0.1, -0.05) is 17.7 Å². The van der Waals surface area contributed by atoms with Crippen molar-refractivity contribution in [1.82, 2.24) is 0 Å². The van der Waals surface area contributed by atoms with Crippen molar-refractivity contribution in [2.75, 3.05) is 6.54 Å². The molecule has 0 aliphatic carbocycles. The minimum Gasteiger partial charge on any atom is -0.401 e. The Morgan fingerprint density at radius 1 is 1.21 bits per heavy atom. The minimum absolute atomic E-state index is 0.409. The lowest BCUT2D eigenvalue weighted by Crippen LogP contribution is -2.10. The maximum absolute atomic E-state index is 5.72. The Kier molecular flexibility index (Phi) is 3.31. The fraction of sp³-hybridized carbons (Fsp3) is 0.333. The molecular weight excluding hydrogens is 172 g/mol. The summed E-state index contributed by atoms with van der Waals surface area (Å²) in [4.78, 5) is 0. The summed E-state index contributed by atoms with van der Waals surface area (Å²) < 4.78 is 0. The normalized spacial score (nSPS) is 11.9. The van der Waals surface area contributed by atoms with E-state index in [1.165, 1.54) is 22.3 Å². The molecule has 0 bridgehead atoms. The lowest BCUT2D eigenvalue weighted by atomic mass is 9.99. The minimum atomic E-state index is 0.409. The molecule has 0 fully saturated rings. The molecule has 0 aliphatic rings. The van der Waals surface area contributed by atoms with Crippen LogP contribution >= 0.6 is 0 Å². The van der Waals surface area contributed by atoms with Crippen LogP contribution in [0.25, 0.3) is 6.08 Å². The Hall–Kier alpha value is -1.28. The maximum atomic E-state index is 5.72. The Balaban J connectivity index is 3.21. The molecule has 0 heterocycles. The third-order valence-corrected chi connectivity index (χ3v) is 2.30. The van der Waals surface area contributed by atoms with Crippen molar-refractivity contribution < 1.29 is 0 Å². The number of hydrogen-bond donors (Lipinski definition) is 2. The van der Waals surface area contributed by atoms with Gasteiger partial charge in [-0.15, -0.1) is 0 Å². The first-order chi connectivity index (χ1) is 6.54. The van der Waals surface area contributed by atoms with Gasteiger partial charge in [0.25, 0.3) is 0 Å². The summed E-state index contributed by atoms with van der Waals surface area (Å²) in [5.74, 6) is 0. The lowest BCUT2D eigenvalue weighted by molar-refractivity contribution is 1.12. The zero-order valence-electron chi connectivity index (χ0n) is 9.09. The van der Waals surface area contributed by atoms with Crippen molar-refractivity contribution in [3.63, 3.8) is 0 Å². The van der Waals surface area contributed by atoms with Crippen LogP contribution in [0.3, 0.4) is 0 Å². The smallest absolute Gasteiger partial charge is 0.0327 e. The highest BCUT2D eigenvalue weighted by Gasteiger charge is 2.01. The van der Waals surface area contributed by atoms with E-state index >= 15 is 0 Å². The van der Waals surface area contributed by atoms with Gasteiger partial charge in [-0.2, -0.15) is 0 Å². The van der Waals surface area contributed by atoms with Crippen LogP contribution in [0.4, 0.5) is 0 Å². The fourth-order valence-electron chi connectivity index (χ4n) is 1.66. The number of benzene rings is 1. The van der Waals surface area contributed by atoms with Gasteiger partial charge in [-0.05, 0) is 43.5 Å². The summed E-state index contributed by atoms with van der Waals surface area (Å²) in [7, 11) is 0. The molecular formula is C12H18N2. The van der Waals surface area contributed by atoms with Crippen LogP contribution in [-0.2, 0) is 0 Å². The van der Waals surface area contributed by atoms with Gasteiger partial charge < -0.3 is 11.5 Å². The lowest BCUT2D eigenvalue weighted by Gasteiger charge is -2.08. The molecule has 2 nitrogen and oxygen atoms in total. The van der Waals surface area contributed by atoms with Crippen molar-refractivity contribution in [2.45, 2.75) is 20.8 Å². The van der Waals surface area contributed by atoms with Gasteiger partial charge in [0.05, 0.1) is 0 Å². The third kappa shape index (κ3) is 2.36. The summed E-state index contributed by atoms with van der Waals surface area (Å²) in [5.41, 5.74) is 16.9. The molecule has 0 saturated carbocycles. The van der Waals surface area contributed by atoms with Crippen LogP contribution in [0.2, 0.25) is 0 Å². The predicted molar refractivity (Wildman–Crippen MR) is 61.9 cm³/mol. The first-order valence-corrected chi connectivity index (χ1v) is 4.78. The van der Waals surface area contributed by atoms with Gasteiger partial charge in [-0.3, -0.25) is 0 Å². The second-order valence-electron chi connectivity index (χ2n) is 3.74. The van der Waals surface area contributed by atoms with E-state index in [0.29, 0.717) is 6.54 Å². The second kappa shape index (κ2) is 4.29. The molecule has 0 atom stereocenters. The highest BCUT2D eigenvalue weighted by molar-refractivity contribution is 5.60. The number of aryl methyl sites for hydroxylation is 3. The zero-order valence-corrected chi connectivity index (χ0v) is 9.09. The van der Waals surface area contributed by atoms with E-state index < -0.39 is 0 Å². The first kappa shape index (κ1) is 10.8. The van der Waals surface area contributed by atoms with Crippen molar-refractivity contribution in [3.8, 4) is 0 Å². The van der Waals surface area contributed by atoms with Gasteiger partial charge in [0.2, 0.25) is 0 Å². The van der Waals surface area contributed by atoms with E-state index in [1.807, 2.05) is 6.08 Å². The highest BCUT2D eigenvalue weighted by atomic mass is 14.7. The summed E-state index contributed by atoms with van der Waals surface area (Å²) in [6.45, 7) is 6.69.